The topological polar surface area (TPSA) is 115 Å². The zero-order valence-corrected chi connectivity index (χ0v) is 15.4. The van der Waals surface area contributed by atoms with E-state index in [1.165, 1.54) is 4.40 Å². The van der Waals surface area contributed by atoms with Gasteiger partial charge in [-0.2, -0.15) is 9.94 Å². The van der Waals surface area contributed by atoms with Crippen molar-refractivity contribution in [2.24, 2.45) is 0 Å². The number of hydrogen-bond acceptors (Lipinski definition) is 6. The summed E-state index contributed by atoms with van der Waals surface area (Å²) < 4.78 is 2.33. The molecule has 0 unspecified atom stereocenters. The predicted molar refractivity (Wildman–Crippen MR) is 105 cm³/mol. The molecule has 0 spiro atoms. The highest BCUT2D eigenvalue weighted by molar-refractivity contribution is 5.90. The number of aryl methyl sites for hydroxylation is 2. The maximum atomic E-state index is 12.7. The SMILES string of the molecule is Cc1cc(-c2c(-c3ccccc3)nc(N)n3c(=O)n(CC#N)nc23)cc(C)n1. The van der Waals surface area contributed by atoms with Gasteiger partial charge >= 0.3 is 5.69 Å². The second kappa shape index (κ2) is 6.63. The summed E-state index contributed by atoms with van der Waals surface area (Å²) in [5, 5.41) is 13.4. The lowest BCUT2D eigenvalue weighted by atomic mass is 9.99. The molecule has 28 heavy (non-hydrogen) atoms. The average molecular weight is 371 g/mol. The van der Waals surface area contributed by atoms with Crippen LogP contribution in [0.25, 0.3) is 28.0 Å². The van der Waals surface area contributed by atoms with Crippen LogP contribution in [0.1, 0.15) is 11.4 Å². The summed E-state index contributed by atoms with van der Waals surface area (Å²) in [4.78, 5) is 21.6. The smallest absolute Gasteiger partial charge is 0.354 e. The van der Waals surface area contributed by atoms with E-state index in [1.807, 2.05) is 62.4 Å². The fourth-order valence-electron chi connectivity index (χ4n) is 3.32. The first-order valence-corrected chi connectivity index (χ1v) is 8.66. The Morgan fingerprint density at radius 3 is 2.39 bits per heavy atom. The summed E-state index contributed by atoms with van der Waals surface area (Å²) in [5.74, 6) is 0.0225. The molecular formula is C20H17N7O. The van der Waals surface area contributed by atoms with Gasteiger partial charge in [0.25, 0.3) is 0 Å². The Morgan fingerprint density at radius 1 is 1.07 bits per heavy atom. The molecule has 4 rings (SSSR count). The lowest BCUT2D eigenvalue weighted by Crippen LogP contribution is -2.22. The van der Waals surface area contributed by atoms with Crippen molar-refractivity contribution in [3.05, 3.63) is 64.3 Å². The van der Waals surface area contributed by atoms with E-state index in [0.717, 1.165) is 27.2 Å². The van der Waals surface area contributed by atoms with Gasteiger partial charge in [-0.3, -0.25) is 4.98 Å². The Bertz CT molecular complexity index is 1280. The number of hydrogen-bond donors (Lipinski definition) is 1. The summed E-state index contributed by atoms with van der Waals surface area (Å²) in [6.45, 7) is 3.64. The molecule has 0 aliphatic heterocycles. The first-order valence-electron chi connectivity index (χ1n) is 8.66. The van der Waals surface area contributed by atoms with Crippen LogP contribution in [-0.4, -0.2) is 24.1 Å². The van der Waals surface area contributed by atoms with E-state index in [4.69, 9.17) is 11.0 Å². The maximum Gasteiger partial charge on any atom is 0.354 e. The van der Waals surface area contributed by atoms with Crippen molar-refractivity contribution in [3.63, 3.8) is 0 Å². The molecule has 8 heteroatoms. The van der Waals surface area contributed by atoms with Crippen LogP contribution in [0.15, 0.2) is 47.3 Å². The molecule has 138 valence electrons. The Kier molecular flexibility index (Phi) is 4.12. The van der Waals surface area contributed by atoms with Gasteiger partial charge in [0.05, 0.1) is 17.3 Å². The molecule has 4 aromatic rings. The molecule has 0 bridgehead atoms. The lowest BCUT2D eigenvalue weighted by Gasteiger charge is -2.13. The van der Waals surface area contributed by atoms with Crippen molar-refractivity contribution in [2.75, 3.05) is 5.73 Å². The van der Waals surface area contributed by atoms with E-state index in [0.29, 0.717) is 16.9 Å². The monoisotopic (exact) mass is 371 g/mol. The largest absolute Gasteiger partial charge is 0.369 e. The van der Waals surface area contributed by atoms with E-state index in [2.05, 4.69) is 15.1 Å². The molecule has 2 N–H and O–H groups in total. The molecule has 0 aliphatic carbocycles. The molecule has 0 saturated heterocycles. The van der Waals surface area contributed by atoms with Crippen molar-refractivity contribution in [3.8, 4) is 28.5 Å². The molecule has 0 saturated carbocycles. The van der Waals surface area contributed by atoms with Crippen LogP contribution < -0.4 is 11.4 Å². The first-order chi connectivity index (χ1) is 13.5. The van der Waals surface area contributed by atoms with Crippen LogP contribution in [0.2, 0.25) is 0 Å². The normalized spacial score (nSPS) is 10.9. The van der Waals surface area contributed by atoms with E-state index in [9.17, 15) is 4.79 Å². The highest BCUT2D eigenvalue weighted by atomic mass is 16.2. The standard InChI is InChI=1S/C20H17N7O/c1-12-10-15(11-13(2)23-12)16-17(14-6-4-3-5-7-14)24-19(22)27-18(16)25-26(9-8-21)20(27)28/h3-7,10-11H,9H2,1-2H3,(H2,22,24). The molecule has 1 aromatic carbocycles. The molecule has 0 amide bonds. The van der Waals surface area contributed by atoms with Gasteiger partial charge in [0, 0.05) is 17.0 Å². The minimum Gasteiger partial charge on any atom is -0.369 e. The lowest BCUT2D eigenvalue weighted by molar-refractivity contribution is 0.680. The number of pyridine rings is 1. The fourth-order valence-corrected chi connectivity index (χ4v) is 3.32. The molecule has 0 fully saturated rings. The van der Waals surface area contributed by atoms with Crippen LogP contribution >= 0.6 is 0 Å². The number of rotatable bonds is 3. The molecular weight excluding hydrogens is 354 g/mol. The highest BCUT2D eigenvalue weighted by Gasteiger charge is 2.21. The molecule has 0 aliphatic rings. The number of nitrogens with zero attached hydrogens (tertiary/aromatic N) is 6. The average Bonchev–Trinajstić information content (AvgIpc) is 2.98. The quantitative estimate of drug-likeness (QED) is 0.591. The van der Waals surface area contributed by atoms with E-state index < -0.39 is 5.69 Å². The zero-order valence-electron chi connectivity index (χ0n) is 15.4. The minimum absolute atomic E-state index is 0.0225. The number of nitrogen functional groups attached to an aromatic ring is 1. The molecule has 3 aromatic heterocycles. The highest BCUT2D eigenvalue weighted by Crippen LogP contribution is 2.34. The van der Waals surface area contributed by atoms with Crippen molar-refractivity contribution in [2.45, 2.75) is 20.4 Å². The Hall–Kier alpha value is -3.99. The fraction of sp³-hybridized carbons (Fsp3) is 0.150. The third-order valence-electron chi connectivity index (χ3n) is 4.39. The van der Waals surface area contributed by atoms with Gasteiger partial charge in [-0.05, 0) is 31.5 Å². The van der Waals surface area contributed by atoms with Crippen LogP contribution in [-0.2, 0) is 6.54 Å². The van der Waals surface area contributed by atoms with Crippen LogP contribution in [0.3, 0.4) is 0 Å². The molecule has 8 nitrogen and oxygen atoms in total. The summed E-state index contributed by atoms with van der Waals surface area (Å²) in [7, 11) is 0. The second-order valence-corrected chi connectivity index (χ2v) is 6.46. The Balaban J connectivity index is 2.17. The van der Waals surface area contributed by atoms with Gasteiger partial charge in [-0.1, -0.05) is 30.3 Å². The molecule has 0 atom stereocenters. The minimum atomic E-state index is -0.495. The molecule has 3 heterocycles. The Morgan fingerprint density at radius 2 is 1.75 bits per heavy atom. The van der Waals surface area contributed by atoms with Crippen molar-refractivity contribution in [1.29, 1.82) is 5.26 Å². The number of nitrogens with two attached hydrogens (primary N) is 1. The van der Waals surface area contributed by atoms with Gasteiger partial charge in [0.1, 0.15) is 6.54 Å². The van der Waals surface area contributed by atoms with E-state index in [-0.39, 0.29) is 12.5 Å². The van der Waals surface area contributed by atoms with E-state index in [1.54, 1.807) is 0 Å². The summed E-state index contributed by atoms with van der Waals surface area (Å²) in [6, 6.07) is 15.4. The maximum absolute atomic E-state index is 12.7. The van der Waals surface area contributed by atoms with Crippen molar-refractivity contribution in [1.82, 2.24) is 24.1 Å². The van der Waals surface area contributed by atoms with E-state index >= 15 is 0 Å². The van der Waals surface area contributed by atoms with Gasteiger partial charge in [-0.25, -0.2) is 14.2 Å². The number of fused-ring (bicyclic) bond motifs is 1. The van der Waals surface area contributed by atoms with Gasteiger partial charge in [-0.15, -0.1) is 5.10 Å². The molecule has 0 radical (unpaired) electrons. The first kappa shape index (κ1) is 17.4. The van der Waals surface area contributed by atoms with Crippen LogP contribution in [0, 0.1) is 25.2 Å². The second-order valence-electron chi connectivity index (χ2n) is 6.46. The Labute approximate surface area is 160 Å². The van der Waals surface area contributed by atoms with Crippen LogP contribution in [0.5, 0.6) is 0 Å². The van der Waals surface area contributed by atoms with Gasteiger partial charge in [0.2, 0.25) is 5.95 Å². The summed E-state index contributed by atoms with van der Waals surface area (Å²) >= 11 is 0. The number of nitriles is 1. The van der Waals surface area contributed by atoms with Crippen LogP contribution in [0.4, 0.5) is 5.95 Å². The van der Waals surface area contributed by atoms with Crippen molar-refractivity contribution >= 4 is 11.6 Å². The third kappa shape index (κ3) is 2.79. The van der Waals surface area contributed by atoms with Crippen molar-refractivity contribution < 1.29 is 0 Å². The summed E-state index contributed by atoms with van der Waals surface area (Å²) in [6.07, 6.45) is 0. The zero-order chi connectivity index (χ0) is 19.8. The summed E-state index contributed by atoms with van der Waals surface area (Å²) in [5.41, 5.74) is 10.6. The number of anilines is 1. The van der Waals surface area contributed by atoms with Gasteiger partial charge < -0.3 is 5.73 Å². The van der Waals surface area contributed by atoms with Gasteiger partial charge in [0.15, 0.2) is 5.65 Å². The number of benzene rings is 1. The number of aromatic nitrogens is 5. The third-order valence-corrected chi connectivity index (χ3v) is 4.39. The predicted octanol–water partition coefficient (Wildman–Crippen LogP) is 2.34.